The summed E-state index contributed by atoms with van der Waals surface area (Å²) in [4.78, 5) is 15.8. The molecule has 0 spiro atoms. The molecule has 0 aliphatic carbocycles. The Labute approximate surface area is 105 Å². The Kier molecular flexibility index (Phi) is 3.48. The molecule has 0 aliphatic rings. The smallest absolute Gasteiger partial charge is 0.262 e. The Morgan fingerprint density at radius 1 is 1.62 bits per heavy atom. The summed E-state index contributed by atoms with van der Waals surface area (Å²) >= 11 is 12.6. The van der Waals surface area contributed by atoms with E-state index in [0.717, 1.165) is 5.69 Å². The molecule has 0 unspecified atom stereocenters. The highest BCUT2D eigenvalue weighted by molar-refractivity contribution is 7.14. The van der Waals surface area contributed by atoms with Crippen LogP contribution in [0.15, 0.2) is 22.1 Å². The zero-order chi connectivity index (χ0) is 11.5. The first-order chi connectivity index (χ1) is 7.70. The summed E-state index contributed by atoms with van der Waals surface area (Å²) in [5.41, 5.74) is 1.00. The van der Waals surface area contributed by atoms with E-state index >= 15 is 0 Å². The molecule has 7 heteroatoms. The lowest BCUT2D eigenvalue weighted by molar-refractivity contribution is 0.102. The molecule has 2 heterocycles. The Bertz CT molecular complexity index is 509. The van der Waals surface area contributed by atoms with E-state index in [1.54, 1.807) is 5.38 Å². The van der Waals surface area contributed by atoms with Gasteiger partial charge in [0.15, 0.2) is 5.13 Å². The molecule has 0 bridgehead atoms. The van der Waals surface area contributed by atoms with Gasteiger partial charge < -0.3 is 4.42 Å². The Balaban J connectivity index is 2.11. The molecule has 0 atom stereocenters. The number of anilines is 1. The third-order valence-corrected chi connectivity index (χ3v) is 3.14. The highest BCUT2D eigenvalue weighted by atomic mass is 35.5. The summed E-state index contributed by atoms with van der Waals surface area (Å²) < 4.78 is 4.82. The molecule has 0 fully saturated rings. The van der Waals surface area contributed by atoms with E-state index in [-0.39, 0.29) is 16.7 Å². The molecule has 0 radical (unpaired) electrons. The first-order valence-electron chi connectivity index (χ1n) is 4.25. The van der Waals surface area contributed by atoms with Gasteiger partial charge in [0, 0.05) is 5.38 Å². The Morgan fingerprint density at radius 3 is 3.00 bits per heavy atom. The fourth-order valence-electron chi connectivity index (χ4n) is 1.05. The Hall–Kier alpha value is -1.04. The van der Waals surface area contributed by atoms with Crippen LogP contribution in [-0.2, 0) is 5.88 Å². The lowest BCUT2D eigenvalue weighted by Crippen LogP contribution is -2.11. The molecule has 4 nitrogen and oxygen atoms in total. The van der Waals surface area contributed by atoms with Gasteiger partial charge in [-0.15, -0.1) is 22.9 Å². The van der Waals surface area contributed by atoms with Gasteiger partial charge in [0.25, 0.3) is 5.91 Å². The minimum absolute atomic E-state index is 0.0617. The van der Waals surface area contributed by atoms with Gasteiger partial charge in [-0.05, 0) is 17.7 Å². The summed E-state index contributed by atoms with van der Waals surface area (Å²) in [7, 11) is 0. The number of carbonyl (C=O) groups is 1. The van der Waals surface area contributed by atoms with E-state index in [1.165, 1.54) is 23.7 Å². The molecule has 0 saturated heterocycles. The first kappa shape index (κ1) is 11.4. The molecule has 0 aliphatic heterocycles. The minimum atomic E-state index is -0.353. The van der Waals surface area contributed by atoms with Crippen LogP contribution in [0.3, 0.4) is 0 Å². The topological polar surface area (TPSA) is 55.1 Å². The van der Waals surface area contributed by atoms with Gasteiger partial charge in [-0.2, -0.15) is 0 Å². The van der Waals surface area contributed by atoms with Crippen molar-refractivity contribution in [3.8, 4) is 0 Å². The van der Waals surface area contributed by atoms with Crippen LogP contribution in [0.1, 0.15) is 16.1 Å². The number of alkyl halides is 1. The molecular formula is C9H6Cl2N2O2S. The number of hydrogen-bond acceptors (Lipinski definition) is 4. The number of halogens is 2. The second kappa shape index (κ2) is 4.86. The van der Waals surface area contributed by atoms with E-state index < -0.39 is 0 Å². The maximum atomic E-state index is 11.7. The number of thiazole rings is 1. The summed E-state index contributed by atoms with van der Waals surface area (Å²) in [6, 6.07) is 1.49. The van der Waals surface area contributed by atoms with Crippen LogP contribution in [0.25, 0.3) is 0 Å². The van der Waals surface area contributed by atoms with Crippen molar-refractivity contribution in [1.29, 1.82) is 0 Å². The largest absolute Gasteiger partial charge is 0.452 e. The predicted molar refractivity (Wildman–Crippen MR) is 63.3 cm³/mol. The molecule has 1 N–H and O–H groups in total. The summed E-state index contributed by atoms with van der Waals surface area (Å²) in [6.45, 7) is 0. The maximum absolute atomic E-state index is 11.7. The van der Waals surface area contributed by atoms with Crippen LogP contribution < -0.4 is 5.32 Å². The third kappa shape index (κ3) is 2.37. The number of carbonyl (C=O) groups excluding carboxylic acids is 1. The molecule has 0 saturated carbocycles. The number of nitrogens with one attached hydrogen (secondary N) is 1. The number of rotatable bonds is 3. The second-order valence-corrected chi connectivity index (χ2v) is 4.31. The molecule has 16 heavy (non-hydrogen) atoms. The van der Waals surface area contributed by atoms with Gasteiger partial charge in [-0.1, -0.05) is 0 Å². The first-order valence-corrected chi connectivity index (χ1v) is 6.04. The lowest BCUT2D eigenvalue weighted by Gasteiger charge is -1.98. The van der Waals surface area contributed by atoms with Crippen molar-refractivity contribution in [3.05, 3.63) is 34.2 Å². The van der Waals surface area contributed by atoms with E-state index in [1.807, 2.05) is 0 Å². The Morgan fingerprint density at radius 2 is 2.44 bits per heavy atom. The van der Waals surface area contributed by atoms with E-state index in [9.17, 15) is 4.79 Å². The molecule has 2 aromatic rings. The monoisotopic (exact) mass is 276 g/mol. The number of aromatic nitrogens is 1. The number of nitrogens with zero attached hydrogens (tertiary/aromatic N) is 1. The van der Waals surface area contributed by atoms with Gasteiger partial charge in [0.2, 0.25) is 5.22 Å². The highest BCUT2D eigenvalue weighted by Gasteiger charge is 2.14. The average molecular weight is 277 g/mol. The zero-order valence-electron chi connectivity index (χ0n) is 7.87. The van der Waals surface area contributed by atoms with E-state index in [0.29, 0.717) is 11.0 Å². The van der Waals surface area contributed by atoms with Crippen LogP contribution in [0, 0.1) is 0 Å². The van der Waals surface area contributed by atoms with Crippen molar-refractivity contribution in [3.63, 3.8) is 0 Å². The lowest BCUT2D eigenvalue weighted by atomic mass is 10.3. The standard InChI is InChI=1S/C9H6Cl2N2O2S/c10-3-5-4-16-9(12-5)13-8(14)6-1-2-15-7(6)11/h1-2,4H,3H2,(H,12,13,14). The van der Waals surface area contributed by atoms with Crippen LogP contribution in [-0.4, -0.2) is 10.9 Å². The summed E-state index contributed by atoms with van der Waals surface area (Å²) in [6.07, 6.45) is 1.35. The van der Waals surface area contributed by atoms with E-state index in [4.69, 9.17) is 27.6 Å². The van der Waals surface area contributed by atoms with Gasteiger partial charge in [-0.25, -0.2) is 4.98 Å². The maximum Gasteiger partial charge on any atom is 0.262 e. The van der Waals surface area contributed by atoms with Crippen molar-refractivity contribution in [2.24, 2.45) is 0 Å². The van der Waals surface area contributed by atoms with Crippen molar-refractivity contribution in [1.82, 2.24) is 4.98 Å². The van der Waals surface area contributed by atoms with Crippen LogP contribution in [0.5, 0.6) is 0 Å². The van der Waals surface area contributed by atoms with Crippen molar-refractivity contribution < 1.29 is 9.21 Å². The SMILES string of the molecule is O=C(Nc1nc(CCl)cs1)c1ccoc1Cl. The van der Waals surface area contributed by atoms with Crippen molar-refractivity contribution >= 4 is 45.6 Å². The van der Waals surface area contributed by atoms with Crippen LogP contribution >= 0.6 is 34.5 Å². The van der Waals surface area contributed by atoms with E-state index in [2.05, 4.69) is 10.3 Å². The molecule has 84 valence electrons. The third-order valence-electron chi connectivity index (χ3n) is 1.77. The molecule has 1 amide bonds. The fourth-order valence-corrected chi connectivity index (χ4v) is 2.18. The van der Waals surface area contributed by atoms with Gasteiger partial charge in [0.1, 0.15) is 0 Å². The zero-order valence-corrected chi connectivity index (χ0v) is 10.2. The summed E-state index contributed by atoms with van der Waals surface area (Å²) in [5.74, 6) is -0.0343. The minimum Gasteiger partial charge on any atom is -0.452 e. The highest BCUT2D eigenvalue weighted by Crippen LogP contribution is 2.21. The number of hydrogen-bond donors (Lipinski definition) is 1. The average Bonchev–Trinajstić information content (AvgIpc) is 2.86. The van der Waals surface area contributed by atoms with Crippen molar-refractivity contribution in [2.45, 2.75) is 5.88 Å². The normalized spacial score (nSPS) is 10.4. The number of amides is 1. The molecule has 0 aromatic carbocycles. The van der Waals surface area contributed by atoms with Gasteiger partial charge in [-0.3, -0.25) is 10.1 Å². The van der Waals surface area contributed by atoms with Gasteiger partial charge >= 0.3 is 0 Å². The number of furan rings is 1. The van der Waals surface area contributed by atoms with Crippen molar-refractivity contribution in [2.75, 3.05) is 5.32 Å². The molecule has 2 aromatic heterocycles. The summed E-state index contributed by atoms with van der Waals surface area (Å²) in [5, 5.41) is 4.93. The van der Waals surface area contributed by atoms with Gasteiger partial charge in [0.05, 0.1) is 23.4 Å². The van der Waals surface area contributed by atoms with Crippen LogP contribution in [0.4, 0.5) is 5.13 Å². The van der Waals surface area contributed by atoms with Crippen LogP contribution in [0.2, 0.25) is 5.22 Å². The molecular weight excluding hydrogens is 271 g/mol. The molecule has 2 rings (SSSR count). The second-order valence-electron chi connectivity index (χ2n) is 2.84. The fraction of sp³-hybridized carbons (Fsp3) is 0.111. The quantitative estimate of drug-likeness (QED) is 0.875. The predicted octanol–water partition coefficient (Wildman–Crippen LogP) is 3.38.